The zero-order valence-corrected chi connectivity index (χ0v) is 27.8. The monoisotopic (exact) mass is 639 g/mol. The van der Waals surface area contributed by atoms with E-state index < -0.39 is 41.4 Å². The molecule has 1 aliphatic carbocycles. The number of hydrogen-bond acceptors (Lipinski definition) is 9. The van der Waals surface area contributed by atoms with Gasteiger partial charge in [0.2, 0.25) is 5.96 Å². The van der Waals surface area contributed by atoms with Gasteiger partial charge in [-0.2, -0.15) is 0 Å². The maximum Gasteiger partial charge on any atom is 0.414 e. The van der Waals surface area contributed by atoms with Gasteiger partial charge in [0.05, 0.1) is 7.11 Å². The van der Waals surface area contributed by atoms with Crippen molar-refractivity contribution in [1.82, 2.24) is 21.0 Å². The van der Waals surface area contributed by atoms with Gasteiger partial charge in [-0.3, -0.25) is 25.3 Å². The predicted octanol–water partition coefficient (Wildman–Crippen LogP) is 5.10. The van der Waals surface area contributed by atoms with Crippen LogP contribution in [-0.2, 0) is 23.8 Å². The van der Waals surface area contributed by atoms with Crippen molar-refractivity contribution < 1.29 is 38.2 Å². The van der Waals surface area contributed by atoms with Gasteiger partial charge in [0.25, 0.3) is 5.91 Å². The summed E-state index contributed by atoms with van der Waals surface area (Å²) in [6.07, 6.45) is -1.99. The lowest BCUT2D eigenvalue weighted by Gasteiger charge is -2.23. The van der Waals surface area contributed by atoms with Crippen LogP contribution in [0, 0.1) is 0 Å². The molecule has 3 N–H and O–H groups in total. The Kier molecular flexibility index (Phi) is 12.1. The number of carbonyl (C=O) groups excluding carboxylic acids is 4. The van der Waals surface area contributed by atoms with E-state index in [2.05, 4.69) is 20.9 Å². The van der Waals surface area contributed by atoms with Crippen molar-refractivity contribution in [3.05, 3.63) is 59.7 Å². The molecule has 0 bridgehead atoms. The molecule has 2 aromatic carbocycles. The molecular formula is C33H45N5O8. The highest BCUT2D eigenvalue weighted by Crippen LogP contribution is 2.44. The van der Waals surface area contributed by atoms with Crippen molar-refractivity contribution in [2.75, 3.05) is 27.3 Å². The van der Waals surface area contributed by atoms with Gasteiger partial charge in [-0.25, -0.2) is 19.4 Å². The van der Waals surface area contributed by atoms with Crippen LogP contribution >= 0.6 is 0 Å². The molecule has 1 atom stereocenters. The van der Waals surface area contributed by atoms with Gasteiger partial charge in [-0.15, -0.1) is 0 Å². The largest absolute Gasteiger partial charge is 0.449 e. The van der Waals surface area contributed by atoms with Gasteiger partial charge in [-0.05, 0) is 76.6 Å². The van der Waals surface area contributed by atoms with E-state index in [0.717, 1.165) is 27.3 Å². The normalized spacial score (nSPS) is 13.0. The first-order valence-corrected chi connectivity index (χ1v) is 15.1. The van der Waals surface area contributed by atoms with E-state index in [1.54, 1.807) is 41.5 Å². The first-order valence-electron chi connectivity index (χ1n) is 15.1. The van der Waals surface area contributed by atoms with Crippen LogP contribution < -0.4 is 16.0 Å². The van der Waals surface area contributed by atoms with Gasteiger partial charge < -0.3 is 19.5 Å². The third-order valence-electron chi connectivity index (χ3n) is 6.68. The Morgan fingerprint density at radius 1 is 0.826 bits per heavy atom. The van der Waals surface area contributed by atoms with E-state index in [9.17, 15) is 19.2 Å². The summed E-state index contributed by atoms with van der Waals surface area (Å²) < 4.78 is 16.2. The number of benzene rings is 2. The van der Waals surface area contributed by atoms with Crippen LogP contribution in [0.1, 0.15) is 71.4 Å². The Morgan fingerprint density at radius 3 is 1.80 bits per heavy atom. The lowest BCUT2D eigenvalue weighted by Crippen LogP contribution is -2.48. The van der Waals surface area contributed by atoms with Crippen molar-refractivity contribution in [2.24, 2.45) is 4.99 Å². The van der Waals surface area contributed by atoms with E-state index in [1.807, 2.05) is 48.5 Å². The van der Waals surface area contributed by atoms with Crippen LogP contribution in [0.3, 0.4) is 0 Å². The van der Waals surface area contributed by atoms with Crippen molar-refractivity contribution in [1.29, 1.82) is 0 Å². The standard InChI is InChI=1S/C33H45N5O8/c1-32(2,3)45-30(41)36-28(37-31(42)46-33(4,5)6)34-19-13-18-26(27(39)38(7)43-8)35-29(40)44-20-25-23-16-11-9-14-21(23)22-15-10-12-17-24(22)25/h9-12,14-17,25-26H,13,18-20H2,1-8H3,(H,35,40)(H2,34,36,37,41,42)/t26-/m0/s1. The number of fused-ring (bicyclic) bond motifs is 3. The Morgan fingerprint density at radius 2 is 1.33 bits per heavy atom. The van der Waals surface area contributed by atoms with Crippen LogP contribution in [0.25, 0.3) is 11.1 Å². The minimum absolute atomic E-state index is 0.0633. The molecule has 4 amide bonds. The fourth-order valence-corrected chi connectivity index (χ4v) is 4.75. The highest BCUT2D eigenvalue weighted by atomic mass is 16.7. The number of nitrogens with zero attached hydrogens (tertiary/aromatic N) is 2. The zero-order valence-electron chi connectivity index (χ0n) is 27.8. The molecule has 0 fully saturated rings. The van der Waals surface area contributed by atoms with Crippen LogP contribution in [0.5, 0.6) is 0 Å². The number of hydrogen-bond donors (Lipinski definition) is 3. The molecule has 0 spiro atoms. The topological polar surface area (TPSA) is 157 Å². The molecule has 2 aromatic rings. The molecule has 0 heterocycles. The smallest absolute Gasteiger partial charge is 0.414 e. The second-order valence-electron chi connectivity index (χ2n) is 12.7. The summed E-state index contributed by atoms with van der Waals surface area (Å²) in [6.45, 7) is 10.3. The Bertz CT molecular complexity index is 1350. The van der Waals surface area contributed by atoms with Gasteiger partial charge >= 0.3 is 18.3 Å². The number of aliphatic imine (C=N–C) groups is 1. The summed E-state index contributed by atoms with van der Waals surface area (Å²) in [6, 6.07) is 15.0. The first-order chi connectivity index (χ1) is 21.6. The number of likely N-dealkylation sites (N-methyl/N-ethyl adjacent to an activating group) is 1. The summed E-state index contributed by atoms with van der Waals surface area (Å²) in [5, 5.41) is 8.48. The molecule has 0 unspecified atom stereocenters. The van der Waals surface area contributed by atoms with Crippen molar-refractivity contribution in [2.45, 2.75) is 77.5 Å². The molecule has 0 saturated heterocycles. The highest BCUT2D eigenvalue weighted by molar-refractivity contribution is 6.01. The number of amides is 4. The highest BCUT2D eigenvalue weighted by Gasteiger charge is 2.30. The Labute approximate surface area is 270 Å². The molecule has 0 radical (unpaired) electrons. The number of nitrogens with one attached hydrogen (secondary N) is 3. The first kappa shape index (κ1) is 35.8. The molecule has 1 aliphatic rings. The summed E-state index contributed by atoms with van der Waals surface area (Å²) in [5.41, 5.74) is 2.77. The SMILES string of the molecule is CON(C)C(=O)[C@H](CCCN=C(NC(=O)OC(C)(C)C)NC(=O)OC(C)(C)C)NC(=O)OCC1c2ccccc2-c2ccccc21. The maximum absolute atomic E-state index is 13.0. The Hall–Kier alpha value is -4.65. The van der Waals surface area contributed by atoms with Gasteiger partial charge in [0.1, 0.15) is 23.9 Å². The quantitative estimate of drug-likeness (QED) is 0.113. The van der Waals surface area contributed by atoms with Gasteiger partial charge in [0.15, 0.2) is 0 Å². The zero-order chi connectivity index (χ0) is 34.1. The van der Waals surface area contributed by atoms with Crippen LogP contribution in [-0.4, -0.2) is 79.8 Å². The second kappa shape index (κ2) is 15.6. The molecule has 0 aliphatic heterocycles. The number of alkyl carbamates (subject to hydrolysis) is 3. The minimum atomic E-state index is -1.00. The summed E-state index contributed by atoms with van der Waals surface area (Å²) >= 11 is 0. The third kappa shape index (κ3) is 10.8. The molecule has 0 aromatic heterocycles. The van der Waals surface area contributed by atoms with E-state index in [1.165, 1.54) is 14.2 Å². The lowest BCUT2D eigenvalue weighted by atomic mass is 9.98. The number of rotatable bonds is 9. The van der Waals surface area contributed by atoms with E-state index >= 15 is 0 Å². The summed E-state index contributed by atoms with van der Waals surface area (Å²) in [7, 11) is 2.77. The van der Waals surface area contributed by atoms with Crippen molar-refractivity contribution in [3.8, 4) is 11.1 Å². The lowest BCUT2D eigenvalue weighted by molar-refractivity contribution is -0.171. The fourth-order valence-electron chi connectivity index (χ4n) is 4.75. The predicted molar refractivity (Wildman–Crippen MR) is 172 cm³/mol. The third-order valence-corrected chi connectivity index (χ3v) is 6.68. The molecular weight excluding hydrogens is 594 g/mol. The van der Waals surface area contributed by atoms with Gasteiger partial charge in [0, 0.05) is 19.5 Å². The molecule has 3 rings (SSSR count). The fraction of sp³-hybridized carbons (Fsp3) is 0.485. The van der Waals surface area contributed by atoms with E-state index in [4.69, 9.17) is 19.0 Å². The van der Waals surface area contributed by atoms with Crippen LogP contribution in [0.2, 0.25) is 0 Å². The van der Waals surface area contributed by atoms with E-state index in [0.29, 0.717) is 0 Å². The van der Waals surface area contributed by atoms with E-state index in [-0.39, 0.29) is 37.9 Å². The van der Waals surface area contributed by atoms with Crippen LogP contribution in [0.4, 0.5) is 14.4 Å². The average Bonchev–Trinajstić information content (AvgIpc) is 3.28. The summed E-state index contributed by atoms with van der Waals surface area (Å²) in [4.78, 5) is 60.0. The second-order valence-corrected chi connectivity index (χ2v) is 12.7. The van der Waals surface area contributed by atoms with Crippen molar-refractivity contribution in [3.63, 3.8) is 0 Å². The average molecular weight is 640 g/mol. The molecule has 13 nitrogen and oxygen atoms in total. The molecule has 0 saturated carbocycles. The molecule has 250 valence electrons. The summed E-state index contributed by atoms with van der Waals surface area (Å²) in [5.74, 6) is -0.833. The number of guanidine groups is 1. The van der Waals surface area contributed by atoms with Crippen molar-refractivity contribution >= 4 is 30.1 Å². The van der Waals surface area contributed by atoms with Crippen LogP contribution in [0.15, 0.2) is 53.5 Å². The Balaban J connectivity index is 1.65. The molecule has 13 heteroatoms. The number of hydroxylamine groups is 2. The molecule has 46 heavy (non-hydrogen) atoms. The number of carbonyl (C=O) groups is 4. The minimum Gasteiger partial charge on any atom is -0.449 e. The van der Waals surface area contributed by atoms with Gasteiger partial charge in [-0.1, -0.05) is 48.5 Å². The number of ether oxygens (including phenoxy) is 3. The maximum atomic E-state index is 13.0.